The molecule has 0 spiro atoms. The minimum Gasteiger partial charge on any atom is -0.350 e. The quantitative estimate of drug-likeness (QED) is 0.601. The maximum atomic E-state index is 12.7. The molecule has 4 rings (SSSR count). The fourth-order valence-electron chi connectivity index (χ4n) is 3.49. The molecule has 0 aliphatic carbocycles. The average molecular weight is 372 g/mol. The lowest BCUT2D eigenvalue weighted by molar-refractivity contribution is -0.384. The van der Waals surface area contributed by atoms with Gasteiger partial charge in [-0.3, -0.25) is 14.9 Å². The van der Waals surface area contributed by atoms with Gasteiger partial charge in [-0.05, 0) is 31.0 Å². The third kappa shape index (κ3) is 3.69. The molecule has 2 aliphatic heterocycles. The second-order valence-corrected chi connectivity index (χ2v) is 6.66. The molecular weight excluding hydrogens is 352 g/mol. The molecule has 0 saturated carbocycles. The Bertz CT molecular complexity index is 821. The Labute approximate surface area is 155 Å². The summed E-state index contributed by atoms with van der Waals surface area (Å²) in [6.45, 7) is 2.59. The second-order valence-electron chi connectivity index (χ2n) is 6.66. The molecule has 0 atom stereocenters. The number of carbonyl (C=O) groups excluding carboxylic acids is 1. The summed E-state index contributed by atoms with van der Waals surface area (Å²) in [7, 11) is 0. The molecule has 27 heavy (non-hydrogen) atoms. The van der Waals surface area contributed by atoms with Crippen LogP contribution in [0.4, 0.5) is 5.69 Å². The SMILES string of the molecule is O=C(c1ccn(-c2ccc([N+](=O)[O-])cc2)n1)N1CCC(C2OCCO2)CC1. The van der Waals surface area contributed by atoms with E-state index in [9.17, 15) is 14.9 Å². The highest BCUT2D eigenvalue weighted by Gasteiger charge is 2.32. The molecule has 9 heteroatoms. The highest BCUT2D eigenvalue weighted by molar-refractivity contribution is 5.92. The number of benzene rings is 1. The number of hydrogen-bond donors (Lipinski definition) is 0. The van der Waals surface area contributed by atoms with E-state index in [0.717, 1.165) is 12.8 Å². The van der Waals surface area contributed by atoms with Gasteiger partial charge in [0.2, 0.25) is 0 Å². The topological polar surface area (TPSA) is 99.7 Å². The first-order chi connectivity index (χ1) is 13.1. The Morgan fingerprint density at radius 3 is 2.41 bits per heavy atom. The number of likely N-dealkylation sites (tertiary alicyclic amines) is 1. The van der Waals surface area contributed by atoms with E-state index in [-0.39, 0.29) is 17.9 Å². The van der Waals surface area contributed by atoms with E-state index in [1.807, 2.05) is 0 Å². The zero-order valence-electron chi connectivity index (χ0n) is 14.7. The summed E-state index contributed by atoms with van der Waals surface area (Å²) in [4.78, 5) is 24.8. The smallest absolute Gasteiger partial charge is 0.274 e. The van der Waals surface area contributed by atoms with Crippen molar-refractivity contribution < 1.29 is 19.2 Å². The number of non-ortho nitro benzene ring substituents is 1. The van der Waals surface area contributed by atoms with Crippen LogP contribution in [-0.4, -0.2) is 58.1 Å². The van der Waals surface area contributed by atoms with Crippen LogP contribution in [0.1, 0.15) is 23.3 Å². The largest absolute Gasteiger partial charge is 0.350 e. The van der Waals surface area contributed by atoms with Crippen LogP contribution >= 0.6 is 0 Å². The molecule has 0 N–H and O–H groups in total. The highest BCUT2D eigenvalue weighted by atomic mass is 16.7. The van der Waals surface area contributed by atoms with Crippen molar-refractivity contribution in [2.75, 3.05) is 26.3 Å². The number of nitro benzene ring substituents is 1. The number of piperidine rings is 1. The van der Waals surface area contributed by atoms with Gasteiger partial charge in [0, 0.05) is 37.3 Å². The van der Waals surface area contributed by atoms with Crippen molar-refractivity contribution >= 4 is 11.6 Å². The Morgan fingerprint density at radius 1 is 1.11 bits per heavy atom. The molecule has 1 aromatic heterocycles. The zero-order valence-corrected chi connectivity index (χ0v) is 14.7. The van der Waals surface area contributed by atoms with Gasteiger partial charge in [-0.25, -0.2) is 4.68 Å². The number of hydrogen-bond acceptors (Lipinski definition) is 6. The molecule has 2 fully saturated rings. The normalized spacial score (nSPS) is 18.7. The minimum atomic E-state index is -0.451. The molecule has 2 aromatic rings. The lowest BCUT2D eigenvalue weighted by Gasteiger charge is -2.33. The van der Waals surface area contributed by atoms with E-state index < -0.39 is 4.92 Å². The summed E-state index contributed by atoms with van der Waals surface area (Å²) in [5.41, 5.74) is 1.04. The van der Waals surface area contributed by atoms with Crippen molar-refractivity contribution in [2.45, 2.75) is 19.1 Å². The summed E-state index contributed by atoms with van der Waals surface area (Å²) < 4.78 is 12.7. The van der Waals surface area contributed by atoms with Gasteiger partial charge in [-0.15, -0.1) is 0 Å². The maximum absolute atomic E-state index is 12.7. The Balaban J connectivity index is 1.39. The number of ether oxygens (including phenoxy) is 2. The summed E-state index contributed by atoms with van der Waals surface area (Å²) >= 11 is 0. The lowest BCUT2D eigenvalue weighted by Crippen LogP contribution is -2.41. The van der Waals surface area contributed by atoms with E-state index in [0.29, 0.717) is 43.6 Å². The standard InChI is InChI=1S/C18H20N4O5/c23-17(20-8-5-13(6-9-20)18-26-11-12-27-18)16-7-10-21(19-16)14-1-3-15(4-2-14)22(24)25/h1-4,7,10,13,18H,5-6,8-9,11-12H2. The fraction of sp³-hybridized carbons (Fsp3) is 0.444. The third-order valence-electron chi connectivity index (χ3n) is 4.99. The van der Waals surface area contributed by atoms with E-state index in [4.69, 9.17) is 9.47 Å². The molecule has 0 unspecified atom stereocenters. The number of aromatic nitrogens is 2. The summed E-state index contributed by atoms with van der Waals surface area (Å²) in [6.07, 6.45) is 3.24. The van der Waals surface area contributed by atoms with Crippen LogP contribution in [0.25, 0.3) is 5.69 Å². The molecule has 2 saturated heterocycles. The molecule has 9 nitrogen and oxygen atoms in total. The number of carbonyl (C=O) groups is 1. The highest BCUT2D eigenvalue weighted by Crippen LogP contribution is 2.26. The summed E-state index contributed by atoms with van der Waals surface area (Å²) in [5.74, 6) is 0.219. The zero-order chi connectivity index (χ0) is 18.8. The van der Waals surface area contributed by atoms with Crippen molar-refractivity contribution in [1.29, 1.82) is 0 Å². The van der Waals surface area contributed by atoms with E-state index in [1.54, 1.807) is 34.0 Å². The van der Waals surface area contributed by atoms with Crippen molar-refractivity contribution in [3.05, 3.63) is 52.3 Å². The molecular formula is C18H20N4O5. The molecule has 142 valence electrons. The van der Waals surface area contributed by atoms with Crippen molar-refractivity contribution in [1.82, 2.24) is 14.7 Å². The number of nitro groups is 1. The van der Waals surface area contributed by atoms with Gasteiger partial charge in [-0.1, -0.05) is 0 Å². The molecule has 0 radical (unpaired) electrons. The average Bonchev–Trinajstić information content (AvgIpc) is 3.40. The number of rotatable bonds is 4. The molecule has 1 amide bonds. The Morgan fingerprint density at radius 2 is 1.78 bits per heavy atom. The lowest BCUT2D eigenvalue weighted by atomic mass is 9.96. The molecule has 1 aromatic carbocycles. The number of amides is 1. The van der Waals surface area contributed by atoms with Crippen LogP contribution in [-0.2, 0) is 9.47 Å². The van der Waals surface area contributed by atoms with Crippen molar-refractivity contribution in [3.63, 3.8) is 0 Å². The monoisotopic (exact) mass is 372 g/mol. The van der Waals surface area contributed by atoms with Gasteiger partial charge < -0.3 is 14.4 Å². The first kappa shape index (κ1) is 17.6. The minimum absolute atomic E-state index is 0.0142. The van der Waals surface area contributed by atoms with Crippen LogP contribution in [0.3, 0.4) is 0 Å². The van der Waals surface area contributed by atoms with E-state index >= 15 is 0 Å². The molecule has 3 heterocycles. The number of nitrogens with zero attached hydrogens (tertiary/aromatic N) is 4. The van der Waals surface area contributed by atoms with Crippen LogP contribution < -0.4 is 0 Å². The fourth-order valence-corrected chi connectivity index (χ4v) is 3.49. The predicted octanol–water partition coefficient (Wildman–Crippen LogP) is 2.01. The Hall–Kier alpha value is -2.78. The maximum Gasteiger partial charge on any atom is 0.274 e. The van der Waals surface area contributed by atoms with Gasteiger partial charge >= 0.3 is 0 Å². The van der Waals surface area contributed by atoms with Crippen molar-refractivity contribution in [3.8, 4) is 5.69 Å². The molecule has 0 bridgehead atoms. The van der Waals surface area contributed by atoms with Gasteiger partial charge in [0.1, 0.15) is 0 Å². The summed E-state index contributed by atoms with van der Waals surface area (Å²) in [5, 5.41) is 15.1. The van der Waals surface area contributed by atoms with Gasteiger partial charge in [-0.2, -0.15) is 5.10 Å². The van der Waals surface area contributed by atoms with E-state index in [1.165, 1.54) is 12.1 Å². The van der Waals surface area contributed by atoms with Crippen LogP contribution in [0.2, 0.25) is 0 Å². The predicted molar refractivity (Wildman–Crippen MR) is 94.5 cm³/mol. The second kappa shape index (κ2) is 7.45. The van der Waals surface area contributed by atoms with Crippen molar-refractivity contribution in [2.24, 2.45) is 5.92 Å². The first-order valence-electron chi connectivity index (χ1n) is 8.95. The van der Waals surface area contributed by atoms with Gasteiger partial charge in [0.25, 0.3) is 11.6 Å². The van der Waals surface area contributed by atoms with Gasteiger partial charge in [0.05, 0.1) is 23.8 Å². The third-order valence-corrected chi connectivity index (χ3v) is 4.99. The summed E-state index contributed by atoms with van der Waals surface area (Å²) in [6, 6.07) is 7.70. The first-order valence-corrected chi connectivity index (χ1v) is 8.95. The Kier molecular flexibility index (Phi) is 4.87. The van der Waals surface area contributed by atoms with Gasteiger partial charge in [0.15, 0.2) is 12.0 Å². The van der Waals surface area contributed by atoms with E-state index in [2.05, 4.69) is 5.10 Å². The van der Waals surface area contributed by atoms with Crippen LogP contribution in [0.15, 0.2) is 36.5 Å². The van der Waals surface area contributed by atoms with Crippen LogP contribution in [0, 0.1) is 16.0 Å². The molecule has 2 aliphatic rings. The van der Waals surface area contributed by atoms with Crippen LogP contribution in [0.5, 0.6) is 0 Å².